The van der Waals surface area contributed by atoms with Crippen molar-refractivity contribution in [1.29, 1.82) is 0 Å². The fourth-order valence-corrected chi connectivity index (χ4v) is 3.94. The summed E-state index contributed by atoms with van der Waals surface area (Å²) in [6.45, 7) is 0. The topological polar surface area (TPSA) is 109 Å². The van der Waals surface area contributed by atoms with Crippen LogP contribution in [0, 0.1) is 0 Å². The normalized spacial score (nSPS) is 11.3. The number of aromatic nitrogens is 2. The van der Waals surface area contributed by atoms with E-state index in [-0.39, 0.29) is 10.0 Å². The van der Waals surface area contributed by atoms with Crippen LogP contribution in [0.1, 0.15) is 10.4 Å². The van der Waals surface area contributed by atoms with Crippen molar-refractivity contribution in [3.05, 3.63) is 33.9 Å². The molecule has 7 nitrogen and oxygen atoms in total. The molecule has 0 bridgehead atoms. The summed E-state index contributed by atoms with van der Waals surface area (Å²) >= 11 is 12.3. The first-order valence-corrected chi connectivity index (χ1v) is 7.85. The number of sulfonamides is 1. The van der Waals surface area contributed by atoms with Gasteiger partial charge in [0.1, 0.15) is 9.90 Å². The van der Waals surface area contributed by atoms with Crippen LogP contribution in [0.15, 0.2) is 23.2 Å². The summed E-state index contributed by atoms with van der Waals surface area (Å²) in [7, 11) is -4.06. The Bertz CT molecular complexity index is 762. The molecule has 0 fully saturated rings. The molecule has 11 heteroatoms. The Morgan fingerprint density at radius 2 is 2.05 bits per heavy atom. The summed E-state index contributed by atoms with van der Waals surface area (Å²) < 4.78 is 29.9. The van der Waals surface area contributed by atoms with E-state index in [2.05, 4.69) is 14.3 Å². The van der Waals surface area contributed by atoms with Crippen molar-refractivity contribution in [3.8, 4) is 0 Å². The van der Waals surface area contributed by atoms with Gasteiger partial charge in [0.15, 0.2) is 0 Å². The van der Waals surface area contributed by atoms with Gasteiger partial charge >= 0.3 is 5.97 Å². The Balaban J connectivity index is 2.53. The van der Waals surface area contributed by atoms with Crippen LogP contribution in [0.3, 0.4) is 0 Å². The van der Waals surface area contributed by atoms with Crippen LogP contribution >= 0.6 is 34.7 Å². The minimum Gasteiger partial charge on any atom is -0.478 e. The van der Waals surface area contributed by atoms with Crippen molar-refractivity contribution in [3.63, 3.8) is 0 Å². The molecule has 1 heterocycles. The number of carbonyl (C=O) groups is 1. The van der Waals surface area contributed by atoms with E-state index in [0.29, 0.717) is 0 Å². The van der Waals surface area contributed by atoms with E-state index < -0.39 is 31.5 Å². The van der Waals surface area contributed by atoms with Crippen molar-refractivity contribution in [1.82, 2.24) is 9.59 Å². The standard InChI is InChI=1S/C9H5Cl2N3O4S2/c10-4-1-2-5(8(11)7(4)9(15)16)20(17,18)13-6-3-12-14-19-6/h1-3,13H,(H,15,16). The predicted octanol–water partition coefficient (Wildman–Crippen LogP) is 2.34. The lowest BCUT2D eigenvalue weighted by molar-refractivity contribution is 0.0697. The average molecular weight is 354 g/mol. The highest BCUT2D eigenvalue weighted by Crippen LogP contribution is 2.32. The molecule has 0 saturated heterocycles. The van der Waals surface area contributed by atoms with Crippen LogP contribution in [0.25, 0.3) is 0 Å². The second kappa shape index (κ2) is 5.52. The molecule has 0 aliphatic carbocycles. The lowest BCUT2D eigenvalue weighted by Crippen LogP contribution is -2.14. The number of rotatable bonds is 4. The van der Waals surface area contributed by atoms with Crippen LogP contribution in [0.2, 0.25) is 10.0 Å². The van der Waals surface area contributed by atoms with Crippen molar-refractivity contribution in [2.24, 2.45) is 0 Å². The van der Waals surface area contributed by atoms with Gasteiger partial charge < -0.3 is 5.11 Å². The van der Waals surface area contributed by atoms with Crippen LogP contribution in [-0.2, 0) is 10.0 Å². The first kappa shape index (κ1) is 15.0. The van der Waals surface area contributed by atoms with Gasteiger partial charge in [-0.25, -0.2) is 13.2 Å². The second-order valence-electron chi connectivity index (χ2n) is 3.43. The molecule has 2 aromatic rings. The van der Waals surface area contributed by atoms with Gasteiger partial charge in [0.2, 0.25) is 0 Å². The smallest absolute Gasteiger partial charge is 0.338 e. The van der Waals surface area contributed by atoms with Gasteiger partial charge in [-0.1, -0.05) is 27.7 Å². The molecule has 0 atom stereocenters. The molecule has 0 unspecified atom stereocenters. The molecular formula is C9H5Cl2N3O4S2. The van der Waals surface area contributed by atoms with Crippen molar-refractivity contribution < 1.29 is 18.3 Å². The molecule has 0 saturated carbocycles. The van der Waals surface area contributed by atoms with Crippen molar-refractivity contribution in [2.75, 3.05) is 4.72 Å². The highest BCUT2D eigenvalue weighted by Gasteiger charge is 2.25. The third-order valence-electron chi connectivity index (χ3n) is 2.16. The maximum Gasteiger partial charge on any atom is 0.338 e. The molecule has 0 aliphatic rings. The van der Waals surface area contributed by atoms with Gasteiger partial charge in [-0.2, -0.15) is 0 Å². The van der Waals surface area contributed by atoms with E-state index in [4.69, 9.17) is 28.3 Å². The van der Waals surface area contributed by atoms with Crippen LogP contribution < -0.4 is 4.72 Å². The third-order valence-corrected chi connectivity index (χ3v) is 5.09. The SMILES string of the molecule is O=C(O)c1c(Cl)ccc(S(=O)(=O)Nc2cnns2)c1Cl. The minimum absolute atomic E-state index is 0.152. The zero-order chi connectivity index (χ0) is 14.9. The number of nitrogens with one attached hydrogen (secondary N) is 1. The fraction of sp³-hybridized carbons (Fsp3) is 0. The fourth-order valence-electron chi connectivity index (χ4n) is 1.34. The van der Waals surface area contributed by atoms with Gasteiger partial charge in [-0.15, -0.1) is 5.10 Å². The molecule has 0 spiro atoms. The number of anilines is 1. The zero-order valence-electron chi connectivity index (χ0n) is 9.37. The molecule has 1 aromatic heterocycles. The zero-order valence-corrected chi connectivity index (χ0v) is 12.5. The summed E-state index contributed by atoms with van der Waals surface area (Å²) in [5, 5.41) is 12.0. The lowest BCUT2D eigenvalue weighted by Gasteiger charge is -2.10. The number of halogens is 2. The van der Waals surface area contributed by atoms with Crippen LogP contribution in [0.4, 0.5) is 5.00 Å². The Hall–Kier alpha value is -1.42. The van der Waals surface area contributed by atoms with E-state index in [0.717, 1.165) is 23.7 Å². The number of hydrogen-bond acceptors (Lipinski definition) is 6. The monoisotopic (exact) mass is 353 g/mol. The number of aromatic carboxylic acids is 1. The molecule has 0 amide bonds. The molecule has 2 rings (SSSR count). The Morgan fingerprint density at radius 1 is 1.35 bits per heavy atom. The summed E-state index contributed by atoms with van der Waals surface area (Å²) in [6.07, 6.45) is 1.21. The third kappa shape index (κ3) is 2.85. The van der Waals surface area contributed by atoms with Gasteiger partial charge in [0, 0.05) is 11.5 Å². The maximum atomic E-state index is 12.1. The van der Waals surface area contributed by atoms with Gasteiger partial charge in [0.25, 0.3) is 10.0 Å². The van der Waals surface area contributed by atoms with Crippen molar-refractivity contribution >= 4 is 55.7 Å². The van der Waals surface area contributed by atoms with Gasteiger partial charge in [-0.3, -0.25) is 4.72 Å². The minimum atomic E-state index is -4.06. The quantitative estimate of drug-likeness (QED) is 0.872. The number of hydrogen-bond donors (Lipinski definition) is 2. The second-order valence-corrected chi connectivity index (χ2v) is 6.65. The molecule has 106 valence electrons. The number of benzene rings is 1. The van der Waals surface area contributed by atoms with Crippen LogP contribution in [0.5, 0.6) is 0 Å². The average Bonchev–Trinajstić information content (AvgIpc) is 2.79. The first-order chi connectivity index (χ1) is 9.33. The maximum absolute atomic E-state index is 12.1. The predicted molar refractivity (Wildman–Crippen MR) is 74.1 cm³/mol. The Morgan fingerprint density at radius 3 is 2.60 bits per heavy atom. The molecular weight excluding hydrogens is 349 g/mol. The van der Waals surface area contributed by atoms with E-state index in [1.165, 1.54) is 6.20 Å². The van der Waals surface area contributed by atoms with E-state index in [9.17, 15) is 13.2 Å². The van der Waals surface area contributed by atoms with Gasteiger partial charge in [-0.05, 0) is 12.1 Å². The lowest BCUT2D eigenvalue weighted by atomic mass is 10.2. The summed E-state index contributed by atoms with van der Waals surface area (Å²) in [4.78, 5) is 10.6. The Kier molecular flexibility index (Phi) is 4.14. The number of nitrogens with zero attached hydrogens (tertiary/aromatic N) is 2. The summed E-state index contributed by atoms with van der Waals surface area (Å²) in [5.74, 6) is -1.42. The molecule has 2 N–H and O–H groups in total. The molecule has 20 heavy (non-hydrogen) atoms. The van der Waals surface area contributed by atoms with E-state index >= 15 is 0 Å². The van der Waals surface area contributed by atoms with Crippen LogP contribution in [-0.4, -0.2) is 29.1 Å². The Labute approximate surface area is 127 Å². The molecule has 0 aliphatic heterocycles. The first-order valence-electron chi connectivity index (χ1n) is 4.84. The van der Waals surface area contributed by atoms with Crippen molar-refractivity contribution in [2.45, 2.75) is 4.90 Å². The summed E-state index contributed by atoms with van der Waals surface area (Å²) in [6, 6.07) is 2.27. The highest BCUT2D eigenvalue weighted by atomic mass is 35.5. The molecule has 1 aromatic carbocycles. The van der Waals surface area contributed by atoms with Gasteiger partial charge in [0.05, 0.1) is 21.8 Å². The largest absolute Gasteiger partial charge is 0.478 e. The summed E-state index contributed by atoms with van der Waals surface area (Å²) in [5.41, 5.74) is -0.473. The molecule has 0 radical (unpaired) electrons. The number of carboxylic acid groups (broad SMARTS) is 1. The number of carboxylic acids is 1. The highest BCUT2D eigenvalue weighted by molar-refractivity contribution is 7.93. The van der Waals surface area contributed by atoms with E-state index in [1.807, 2.05) is 0 Å². The van der Waals surface area contributed by atoms with E-state index in [1.54, 1.807) is 0 Å².